The van der Waals surface area contributed by atoms with E-state index in [1.54, 1.807) is 41.9 Å². The molecule has 1 aliphatic rings. The largest absolute Gasteiger partial charge is 0.302 e. The number of nitrogens with one attached hydrogen (secondary N) is 1. The minimum atomic E-state index is -0.396. The van der Waals surface area contributed by atoms with E-state index in [1.807, 2.05) is 0 Å². The molecule has 3 rings (SSSR count). The molecule has 0 atom stereocenters. The van der Waals surface area contributed by atoms with E-state index in [9.17, 15) is 14.4 Å². The molecule has 25 heavy (non-hydrogen) atoms. The van der Waals surface area contributed by atoms with Crippen LogP contribution in [0.15, 0.2) is 40.7 Å². The molecule has 2 heterocycles. The predicted octanol–water partition coefficient (Wildman–Crippen LogP) is 3.86. The molecule has 1 aromatic heterocycles. The highest BCUT2D eigenvalue weighted by atomic mass is 35.5. The van der Waals surface area contributed by atoms with Gasteiger partial charge in [0.2, 0.25) is 5.91 Å². The monoisotopic (exact) mass is 393 g/mol. The van der Waals surface area contributed by atoms with E-state index in [0.717, 1.165) is 22.2 Å². The molecule has 3 amide bonds. The van der Waals surface area contributed by atoms with E-state index >= 15 is 0 Å². The van der Waals surface area contributed by atoms with Crippen LogP contribution in [-0.4, -0.2) is 33.5 Å². The van der Waals surface area contributed by atoms with Gasteiger partial charge in [0, 0.05) is 29.6 Å². The van der Waals surface area contributed by atoms with Crippen LogP contribution in [0.2, 0.25) is 5.02 Å². The Labute approximate surface area is 156 Å². The summed E-state index contributed by atoms with van der Waals surface area (Å²) in [7, 11) is 0. The van der Waals surface area contributed by atoms with E-state index in [2.05, 4.69) is 10.3 Å². The summed E-state index contributed by atoms with van der Waals surface area (Å²) in [5.41, 5.74) is 0.774. The first kappa shape index (κ1) is 17.7. The lowest BCUT2D eigenvalue weighted by molar-refractivity contribution is -0.123. The van der Waals surface area contributed by atoms with Crippen molar-refractivity contribution in [1.29, 1.82) is 0 Å². The standard InChI is InChI=1S/C16H12ClN3O3S2/c17-11-3-1-10(2-4-11)9-12-14(22)20(16(23)25-12)7-5-13(21)19-15-18-6-8-24-15/h1-4,6,8-9H,5,7H2,(H,18,19,21)/b12-9+. The van der Waals surface area contributed by atoms with Crippen molar-refractivity contribution >= 4 is 63.0 Å². The van der Waals surface area contributed by atoms with Crippen LogP contribution in [0.5, 0.6) is 0 Å². The minimum absolute atomic E-state index is 0.0197. The second kappa shape index (κ2) is 7.81. The molecule has 0 bridgehead atoms. The van der Waals surface area contributed by atoms with Crippen molar-refractivity contribution in [2.45, 2.75) is 6.42 Å². The third-order valence-corrected chi connectivity index (χ3v) is 5.13. The molecule has 0 saturated carbocycles. The maximum absolute atomic E-state index is 12.4. The van der Waals surface area contributed by atoms with Crippen molar-refractivity contribution in [3.05, 3.63) is 51.3 Å². The first-order valence-electron chi connectivity index (χ1n) is 7.23. The average Bonchev–Trinajstić information content (AvgIpc) is 3.17. The van der Waals surface area contributed by atoms with E-state index in [0.29, 0.717) is 15.1 Å². The van der Waals surface area contributed by atoms with Gasteiger partial charge in [0.05, 0.1) is 4.91 Å². The SMILES string of the molecule is O=C(CCN1C(=O)S/C(=C/c2ccc(Cl)cc2)C1=O)Nc1nccs1. The number of thioether (sulfide) groups is 1. The molecule has 1 N–H and O–H groups in total. The fourth-order valence-electron chi connectivity index (χ4n) is 2.08. The van der Waals surface area contributed by atoms with Gasteiger partial charge in [-0.2, -0.15) is 0 Å². The molecule has 128 valence electrons. The summed E-state index contributed by atoms with van der Waals surface area (Å²) < 4.78 is 0. The number of aromatic nitrogens is 1. The van der Waals surface area contributed by atoms with Crippen LogP contribution in [0.3, 0.4) is 0 Å². The molecule has 9 heteroatoms. The number of carbonyl (C=O) groups is 3. The smallest absolute Gasteiger partial charge is 0.293 e. The summed E-state index contributed by atoms with van der Waals surface area (Å²) in [5.74, 6) is -0.692. The van der Waals surface area contributed by atoms with Gasteiger partial charge in [0.15, 0.2) is 5.13 Å². The zero-order valence-electron chi connectivity index (χ0n) is 12.8. The third-order valence-electron chi connectivity index (χ3n) is 3.28. The van der Waals surface area contributed by atoms with Crippen LogP contribution in [0, 0.1) is 0 Å². The van der Waals surface area contributed by atoms with Gasteiger partial charge >= 0.3 is 0 Å². The summed E-state index contributed by atoms with van der Waals surface area (Å²) in [5, 5.41) is 5.06. The average molecular weight is 394 g/mol. The van der Waals surface area contributed by atoms with Crippen LogP contribution in [0.25, 0.3) is 6.08 Å². The van der Waals surface area contributed by atoms with E-state index < -0.39 is 5.91 Å². The van der Waals surface area contributed by atoms with Crippen molar-refractivity contribution < 1.29 is 14.4 Å². The fraction of sp³-hybridized carbons (Fsp3) is 0.125. The molecule has 1 fully saturated rings. The number of carbonyl (C=O) groups excluding carboxylic acids is 3. The van der Waals surface area contributed by atoms with Crippen molar-refractivity contribution in [3.8, 4) is 0 Å². The Hall–Kier alpha value is -2.16. The number of amides is 3. The van der Waals surface area contributed by atoms with Crippen LogP contribution in [-0.2, 0) is 9.59 Å². The highest BCUT2D eigenvalue weighted by Crippen LogP contribution is 2.32. The van der Waals surface area contributed by atoms with Crippen LogP contribution in [0.4, 0.5) is 9.93 Å². The van der Waals surface area contributed by atoms with Crippen LogP contribution < -0.4 is 5.32 Å². The quantitative estimate of drug-likeness (QED) is 0.780. The second-order valence-corrected chi connectivity index (χ2v) is 7.34. The highest BCUT2D eigenvalue weighted by molar-refractivity contribution is 8.18. The number of halogens is 1. The van der Waals surface area contributed by atoms with Crippen LogP contribution in [0.1, 0.15) is 12.0 Å². The van der Waals surface area contributed by atoms with Crippen molar-refractivity contribution in [2.24, 2.45) is 0 Å². The molecule has 0 radical (unpaired) electrons. The lowest BCUT2D eigenvalue weighted by Gasteiger charge is -2.11. The van der Waals surface area contributed by atoms with Gasteiger partial charge in [0.25, 0.3) is 11.1 Å². The summed E-state index contributed by atoms with van der Waals surface area (Å²) in [6.07, 6.45) is 3.24. The maximum Gasteiger partial charge on any atom is 0.293 e. The van der Waals surface area contributed by atoms with Crippen LogP contribution >= 0.6 is 34.7 Å². The molecule has 6 nitrogen and oxygen atoms in total. The number of imide groups is 1. The van der Waals surface area contributed by atoms with Gasteiger partial charge in [-0.25, -0.2) is 4.98 Å². The van der Waals surface area contributed by atoms with Gasteiger partial charge in [-0.05, 0) is 35.5 Å². The minimum Gasteiger partial charge on any atom is -0.302 e. The molecule has 1 saturated heterocycles. The molecular weight excluding hydrogens is 382 g/mol. The molecule has 1 aliphatic heterocycles. The summed E-state index contributed by atoms with van der Waals surface area (Å²) in [4.78, 5) is 41.6. The molecular formula is C16H12ClN3O3S2. The Balaban J connectivity index is 1.61. The molecule has 0 aliphatic carbocycles. The van der Waals surface area contributed by atoms with Gasteiger partial charge in [-0.1, -0.05) is 23.7 Å². The van der Waals surface area contributed by atoms with E-state index in [1.165, 1.54) is 11.3 Å². The molecule has 0 unspecified atom stereocenters. The first-order chi connectivity index (χ1) is 12.0. The molecule has 1 aromatic carbocycles. The zero-order valence-corrected chi connectivity index (χ0v) is 15.2. The maximum atomic E-state index is 12.4. The Morgan fingerprint density at radius 1 is 1.28 bits per heavy atom. The predicted molar refractivity (Wildman–Crippen MR) is 99.5 cm³/mol. The summed E-state index contributed by atoms with van der Waals surface area (Å²) in [6.45, 7) is 0.0276. The Morgan fingerprint density at radius 3 is 2.72 bits per heavy atom. The fourth-order valence-corrected chi connectivity index (χ4v) is 3.62. The van der Waals surface area contributed by atoms with Crippen molar-refractivity contribution in [2.75, 3.05) is 11.9 Å². The van der Waals surface area contributed by atoms with Gasteiger partial charge in [-0.3, -0.25) is 19.3 Å². The Morgan fingerprint density at radius 2 is 2.04 bits per heavy atom. The van der Waals surface area contributed by atoms with Gasteiger partial charge in [0.1, 0.15) is 0 Å². The Kier molecular flexibility index (Phi) is 5.52. The van der Waals surface area contributed by atoms with E-state index in [4.69, 9.17) is 11.6 Å². The topological polar surface area (TPSA) is 79.4 Å². The molecule has 0 spiro atoms. The normalized spacial score (nSPS) is 15.9. The van der Waals surface area contributed by atoms with Gasteiger partial charge < -0.3 is 5.32 Å². The van der Waals surface area contributed by atoms with E-state index in [-0.39, 0.29) is 24.1 Å². The number of hydrogen-bond acceptors (Lipinski definition) is 6. The number of hydrogen-bond donors (Lipinski definition) is 1. The zero-order chi connectivity index (χ0) is 17.8. The number of benzene rings is 1. The lowest BCUT2D eigenvalue weighted by Crippen LogP contribution is -2.31. The Bertz CT molecular complexity index is 835. The number of thiazole rings is 1. The number of rotatable bonds is 5. The summed E-state index contributed by atoms with van der Waals surface area (Å²) in [6, 6.07) is 6.94. The second-order valence-electron chi connectivity index (χ2n) is 5.02. The molecule has 2 aromatic rings. The first-order valence-corrected chi connectivity index (χ1v) is 9.30. The van der Waals surface area contributed by atoms with Crippen molar-refractivity contribution in [3.63, 3.8) is 0 Å². The number of nitrogens with zero attached hydrogens (tertiary/aromatic N) is 2. The van der Waals surface area contributed by atoms with Gasteiger partial charge in [-0.15, -0.1) is 11.3 Å². The summed E-state index contributed by atoms with van der Waals surface area (Å²) >= 11 is 7.99. The lowest BCUT2D eigenvalue weighted by atomic mass is 10.2. The third kappa shape index (κ3) is 4.47. The highest BCUT2D eigenvalue weighted by Gasteiger charge is 2.35. The van der Waals surface area contributed by atoms with Crippen molar-refractivity contribution in [1.82, 2.24) is 9.88 Å². The number of anilines is 1.